The second-order valence-electron chi connectivity index (χ2n) is 7.56. The number of amides is 1. The number of imidazole rings is 1. The molecule has 1 N–H and O–H groups in total. The van der Waals surface area contributed by atoms with Crippen LogP contribution in [0.2, 0.25) is 0 Å². The van der Waals surface area contributed by atoms with Crippen molar-refractivity contribution in [3.63, 3.8) is 0 Å². The van der Waals surface area contributed by atoms with Crippen LogP contribution in [0.25, 0.3) is 16.9 Å². The van der Waals surface area contributed by atoms with Crippen LogP contribution in [0.15, 0.2) is 26.6 Å². The zero-order chi connectivity index (χ0) is 22.1. The Kier molecular flexibility index (Phi) is 5.74. The van der Waals surface area contributed by atoms with Crippen LogP contribution in [-0.2, 0) is 30.2 Å². The molecule has 31 heavy (non-hydrogen) atoms. The first-order valence-electron chi connectivity index (χ1n) is 10.1. The molecule has 4 rings (SSSR count). The van der Waals surface area contributed by atoms with Gasteiger partial charge in [0, 0.05) is 46.0 Å². The van der Waals surface area contributed by atoms with Crippen LogP contribution in [0.4, 0.5) is 0 Å². The minimum atomic E-state index is -0.525. The third kappa shape index (κ3) is 3.91. The Morgan fingerprint density at radius 1 is 1.16 bits per heavy atom. The quantitative estimate of drug-likeness (QED) is 0.443. The van der Waals surface area contributed by atoms with E-state index in [9.17, 15) is 19.2 Å². The number of hydrogen-bond acceptors (Lipinski definition) is 7. The fraction of sp³-hybridized carbons (Fsp3) is 0.526. The molecule has 1 aliphatic heterocycles. The molecule has 0 atom stereocenters. The average molecular weight is 431 g/mol. The molecule has 1 fully saturated rings. The van der Waals surface area contributed by atoms with Crippen molar-refractivity contribution in [2.24, 2.45) is 14.1 Å². The molecule has 4 heterocycles. The topological polar surface area (TPSA) is 125 Å². The second kappa shape index (κ2) is 8.47. The van der Waals surface area contributed by atoms with Gasteiger partial charge in [-0.1, -0.05) is 0 Å². The summed E-state index contributed by atoms with van der Waals surface area (Å²) in [6, 6.07) is 1.27. The second-order valence-corrected chi connectivity index (χ2v) is 7.56. The summed E-state index contributed by atoms with van der Waals surface area (Å²) in [6.07, 6.45) is 2.21. The number of nitrogens with one attached hydrogen (secondary N) is 1. The number of fused-ring (bicyclic) bond motifs is 3. The number of nitrogens with zero attached hydrogens (tertiary/aromatic N) is 6. The standard InChI is InChI=1S/C19H25N7O5/c1-22-16-15(17(29)23(2)19(22)30)25-7-4-14(28)26(18(25)21-16)12-13(27)20-5-3-6-24-8-10-31-11-9-24/h4,7H,3,5-6,8-12H2,1-2H3,(H,20,27). The summed E-state index contributed by atoms with van der Waals surface area (Å²) in [7, 11) is 2.88. The van der Waals surface area contributed by atoms with Gasteiger partial charge in [0.1, 0.15) is 6.54 Å². The summed E-state index contributed by atoms with van der Waals surface area (Å²) in [4.78, 5) is 56.3. The van der Waals surface area contributed by atoms with E-state index in [-0.39, 0.29) is 29.4 Å². The van der Waals surface area contributed by atoms with Gasteiger partial charge in [-0.05, 0) is 13.0 Å². The van der Waals surface area contributed by atoms with E-state index >= 15 is 0 Å². The van der Waals surface area contributed by atoms with E-state index in [1.54, 1.807) is 0 Å². The molecule has 166 valence electrons. The molecule has 0 unspecified atom stereocenters. The highest BCUT2D eigenvalue weighted by atomic mass is 16.5. The molecule has 1 amide bonds. The summed E-state index contributed by atoms with van der Waals surface area (Å²) >= 11 is 0. The third-order valence-corrected chi connectivity index (χ3v) is 5.53. The molecule has 0 aromatic carbocycles. The van der Waals surface area contributed by atoms with Gasteiger partial charge >= 0.3 is 5.69 Å². The minimum Gasteiger partial charge on any atom is -0.379 e. The number of aryl methyl sites for hydroxylation is 1. The summed E-state index contributed by atoms with van der Waals surface area (Å²) in [5.41, 5.74) is -1.15. The van der Waals surface area contributed by atoms with Gasteiger partial charge < -0.3 is 10.1 Å². The van der Waals surface area contributed by atoms with Crippen molar-refractivity contribution in [2.75, 3.05) is 39.4 Å². The molecule has 1 aliphatic rings. The van der Waals surface area contributed by atoms with Crippen LogP contribution in [-0.4, -0.2) is 73.3 Å². The fourth-order valence-corrected chi connectivity index (χ4v) is 3.76. The largest absolute Gasteiger partial charge is 0.379 e. The highest BCUT2D eigenvalue weighted by Gasteiger charge is 2.18. The van der Waals surface area contributed by atoms with Crippen LogP contribution in [0, 0.1) is 0 Å². The number of aromatic nitrogens is 5. The summed E-state index contributed by atoms with van der Waals surface area (Å²) < 4.78 is 10.2. The molecular formula is C19H25N7O5. The molecular weight excluding hydrogens is 406 g/mol. The molecule has 0 radical (unpaired) electrons. The molecule has 0 saturated carbocycles. The molecule has 3 aromatic heterocycles. The van der Waals surface area contributed by atoms with E-state index in [1.165, 1.54) is 39.9 Å². The lowest BCUT2D eigenvalue weighted by molar-refractivity contribution is -0.121. The third-order valence-electron chi connectivity index (χ3n) is 5.53. The molecule has 12 nitrogen and oxygen atoms in total. The van der Waals surface area contributed by atoms with Crippen molar-refractivity contribution in [3.05, 3.63) is 43.5 Å². The lowest BCUT2D eigenvalue weighted by atomic mass is 10.3. The fourth-order valence-electron chi connectivity index (χ4n) is 3.76. The maximum atomic E-state index is 12.6. The highest BCUT2D eigenvalue weighted by Crippen LogP contribution is 2.10. The van der Waals surface area contributed by atoms with E-state index in [0.717, 1.165) is 43.8 Å². The molecule has 12 heteroatoms. The number of ether oxygens (including phenoxy) is 1. The Balaban J connectivity index is 1.55. The van der Waals surface area contributed by atoms with Crippen molar-refractivity contribution in [1.82, 2.24) is 33.3 Å². The van der Waals surface area contributed by atoms with Gasteiger partial charge in [-0.25, -0.2) is 4.79 Å². The monoisotopic (exact) mass is 431 g/mol. The number of morpholine rings is 1. The van der Waals surface area contributed by atoms with Crippen molar-refractivity contribution >= 4 is 22.8 Å². The summed E-state index contributed by atoms with van der Waals surface area (Å²) in [5.74, 6) is -0.199. The predicted octanol–water partition coefficient (Wildman–Crippen LogP) is -2.11. The lowest BCUT2D eigenvalue weighted by Gasteiger charge is -2.26. The first-order chi connectivity index (χ1) is 14.9. The van der Waals surface area contributed by atoms with E-state index in [2.05, 4.69) is 15.2 Å². The smallest absolute Gasteiger partial charge is 0.332 e. The SMILES string of the molecule is Cn1c(=O)c2c(nc3n(CC(=O)NCCCN4CCOCC4)c(=O)ccn23)n(C)c1=O. The molecule has 1 saturated heterocycles. The Hall–Kier alpha value is -3.25. The van der Waals surface area contributed by atoms with Crippen molar-refractivity contribution in [1.29, 1.82) is 0 Å². The van der Waals surface area contributed by atoms with Crippen molar-refractivity contribution < 1.29 is 9.53 Å². The zero-order valence-electron chi connectivity index (χ0n) is 17.5. The van der Waals surface area contributed by atoms with Gasteiger partial charge in [0.25, 0.3) is 11.1 Å². The van der Waals surface area contributed by atoms with Gasteiger partial charge in [-0.3, -0.25) is 37.4 Å². The van der Waals surface area contributed by atoms with Crippen molar-refractivity contribution in [2.45, 2.75) is 13.0 Å². The summed E-state index contributed by atoms with van der Waals surface area (Å²) in [6.45, 7) is 4.35. The van der Waals surface area contributed by atoms with E-state index in [0.29, 0.717) is 6.54 Å². The van der Waals surface area contributed by atoms with Crippen LogP contribution in [0.1, 0.15) is 6.42 Å². The molecule has 0 aliphatic carbocycles. The minimum absolute atomic E-state index is 0.129. The van der Waals surface area contributed by atoms with E-state index in [1.807, 2.05) is 0 Å². The number of carbonyl (C=O) groups excluding carboxylic acids is 1. The number of carbonyl (C=O) groups is 1. The number of hydrogen-bond donors (Lipinski definition) is 1. The number of rotatable bonds is 6. The van der Waals surface area contributed by atoms with E-state index < -0.39 is 16.8 Å². The lowest BCUT2D eigenvalue weighted by Crippen LogP contribution is -2.39. The molecule has 3 aromatic rings. The maximum absolute atomic E-state index is 12.6. The molecule has 0 spiro atoms. The van der Waals surface area contributed by atoms with Crippen LogP contribution in [0.5, 0.6) is 0 Å². The highest BCUT2D eigenvalue weighted by molar-refractivity contribution is 5.78. The Labute approximate surface area is 176 Å². The van der Waals surface area contributed by atoms with Gasteiger partial charge in [0.05, 0.1) is 13.2 Å². The van der Waals surface area contributed by atoms with Crippen LogP contribution in [0.3, 0.4) is 0 Å². The van der Waals surface area contributed by atoms with Crippen LogP contribution < -0.4 is 22.1 Å². The Morgan fingerprint density at radius 2 is 1.90 bits per heavy atom. The first-order valence-corrected chi connectivity index (χ1v) is 10.1. The van der Waals surface area contributed by atoms with Crippen molar-refractivity contribution in [3.8, 4) is 0 Å². The molecule has 0 bridgehead atoms. The van der Waals surface area contributed by atoms with Crippen LogP contribution >= 0.6 is 0 Å². The zero-order valence-corrected chi connectivity index (χ0v) is 17.5. The summed E-state index contributed by atoms with van der Waals surface area (Å²) in [5, 5.41) is 2.82. The average Bonchev–Trinajstić information content (AvgIpc) is 3.16. The normalized spacial score (nSPS) is 15.0. The van der Waals surface area contributed by atoms with Gasteiger partial charge in [-0.15, -0.1) is 0 Å². The maximum Gasteiger partial charge on any atom is 0.332 e. The van der Waals surface area contributed by atoms with Gasteiger partial charge in [0.15, 0.2) is 11.2 Å². The predicted molar refractivity (Wildman–Crippen MR) is 112 cm³/mol. The Morgan fingerprint density at radius 3 is 2.65 bits per heavy atom. The van der Waals surface area contributed by atoms with Gasteiger partial charge in [-0.2, -0.15) is 4.98 Å². The van der Waals surface area contributed by atoms with E-state index in [4.69, 9.17) is 4.74 Å². The first kappa shape index (κ1) is 21.0. The Bertz CT molecular complexity index is 1310. The van der Waals surface area contributed by atoms with Gasteiger partial charge in [0.2, 0.25) is 11.7 Å².